The second-order valence-corrected chi connectivity index (χ2v) is 5.24. The van der Waals surface area contributed by atoms with Crippen LogP contribution in [-0.4, -0.2) is 16.1 Å². The molecule has 0 saturated carbocycles. The van der Waals surface area contributed by atoms with Crippen LogP contribution in [0, 0.1) is 0 Å². The molecule has 21 heavy (non-hydrogen) atoms. The molecule has 0 aliphatic rings. The molecule has 2 aromatic rings. The van der Waals surface area contributed by atoms with Crippen molar-refractivity contribution in [3.8, 4) is 0 Å². The second-order valence-electron chi connectivity index (χ2n) is 5.24. The number of unbranched alkanes of at least 4 members (excludes halogenated alkanes) is 3. The molecule has 0 bridgehead atoms. The standard InChI is InChI=1S/C15H20F3N3/c1-21-13-8-7-11(15(16,17)18)10-12(13)20-14(21)6-4-2-3-5-9-19/h7-8,10H,2-6,9,19H2,1H3. The molecule has 2 rings (SSSR count). The lowest BCUT2D eigenvalue weighted by molar-refractivity contribution is -0.137. The highest BCUT2D eigenvalue weighted by Crippen LogP contribution is 2.31. The van der Waals surface area contributed by atoms with Crippen LogP contribution in [0.15, 0.2) is 18.2 Å². The van der Waals surface area contributed by atoms with Crippen molar-refractivity contribution in [1.29, 1.82) is 0 Å². The van der Waals surface area contributed by atoms with Crippen LogP contribution in [0.3, 0.4) is 0 Å². The Labute approximate surface area is 122 Å². The highest BCUT2D eigenvalue weighted by atomic mass is 19.4. The number of benzene rings is 1. The normalized spacial score (nSPS) is 12.2. The first-order chi connectivity index (χ1) is 9.93. The predicted molar refractivity (Wildman–Crippen MR) is 76.9 cm³/mol. The molecule has 0 saturated heterocycles. The number of hydrogen-bond acceptors (Lipinski definition) is 2. The van der Waals surface area contributed by atoms with Crippen molar-refractivity contribution < 1.29 is 13.2 Å². The van der Waals surface area contributed by atoms with Gasteiger partial charge in [-0.3, -0.25) is 0 Å². The zero-order valence-corrected chi connectivity index (χ0v) is 12.1. The SMILES string of the molecule is Cn1c(CCCCCCN)nc2cc(C(F)(F)F)ccc21. The predicted octanol–water partition coefficient (Wildman–Crippen LogP) is 3.65. The maximum absolute atomic E-state index is 12.7. The Bertz CT molecular complexity index is 602. The van der Waals surface area contributed by atoms with Crippen molar-refractivity contribution in [1.82, 2.24) is 9.55 Å². The van der Waals surface area contributed by atoms with Crippen molar-refractivity contribution >= 4 is 11.0 Å². The lowest BCUT2D eigenvalue weighted by Crippen LogP contribution is -2.04. The fourth-order valence-corrected chi connectivity index (χ4v) is 2.43. The average Bonchev–Trinajstić information content (AvgIpc) is 2.74. The van der Waals surface area contributed by atoms with Crippen molar-refractivity contribution in [3.05, 3.63) is 29.6 Å². The third-order valence-electron chi connectivity index (χ3n) is 3.66. The largest absolute Gasteiger partial charge is 0.416 e. The summed E-state index contributed by atoms with van der Waals surface area (Å²) in [6.07, 6.45) is 0.582. The third kappa shape index (κ3) is 3.75. The van der Waals surface area contributed by atoms with Crippen LogP contribution in [0.2, 0.25) is 0 Å². The molecule has 1 aromatic carbocycles. The Kier molecular flexibility index (Phi) is 4.88. The zero-order valence-electron chi connectivity index (χ0n) is 12.1. The molecule has 2 N–H and O–H groups in total. The van der Waals surface area contributed by atoms with Crippen LogP contribution < -0.4 is 5.73 Å². The number of rotatable bonds is 6. The Morgan fingerprint density at radius 2 is 1.86 bits per heavy atom. The summed E-state index contributed by atoms with van der Waals surface area (Å²) < 4.78 is 40.0. The van der Waals surface area contributed by atoms with E-state index in [0.717, 1.165) is 55.6 Å². The highest BCUT2D eigenvalue weighted by Gasteiger charge is 2.30. The van der Waals surface area contributed by atoms with Crippen LogP contribution in [0.4, 0.5) is 13.2 Å². The van der Waals surface area contributed by atoms with E-state index in [1.807, 2.05) is 11.6 Å². The highest BCUT2D eigenvalue weighted by molar-refractivity contribution is 5.77. The van der Waals surface area contributed by atoms with Gasteiger partial charge in [-0.05, 0) is 37.6 Å². The van der Waals surface area contributed by atoms with Crippen LogP contribution in [0.5, 0.6) is 0 Å². The summed E-state index contributed by atoms with van der Waals surface area (Å²) >= 11 is 0. The molecule has 3 nitrogen and oxygen atoms in total. The summed E-state index contributed by atoms with van der Waals surface area (Å²) in [5.41, 5.74) is 5.93. The first-order valence-corrected chi connectivity index (χ1v) is 7.16. The zero-order chi connectivity index (χ0) is 15.5. The van der Waals surface area contributed by atoms with Gasteiger partial charge in [-0.1, -0.05) is 12.8 Å². The molecule has 1 aromatic heterocycles. The molecule has 116 valence electrons. The molecule has 6 heteroatoms. The van der Waals surface area contributed by atoms with Gasteiger partial charge in [0.1, 0.15) is 5.82 Å². The van der Waals surface area contributed by atoms with Crippen molar-refractivity contribution in [2.24, 2.45) is 12.8 Å². The second kappa shape index (κ2) is 6.47. The number of hydrogen-bond donors (Lipinski definition) is 1. The molecule has 0 atom stereocenters. The van der Waals surface area contributed by atoms with E-state index in [-0.39, 0.29) is 0 Å². The van der Waals surface area contributed by atoms with Gasteiger partial charge >= 0.3 is 6.18 Å². The van der Waals surface area contributed by atoms with Crippen molar-refractivity contribution in [3.63, 3.8) is 0 Å². The third-order valence-corrected chi connectivity index (χ3v) is 3.66. The minimum Gasteiger partial charge on any atom is -0.331 e. The fourth-order valence-electron chi connectivity index (χ4n) is 2.43. The number of fused-ring (bicyclic) bond motifs is 1. The van der Waals surface area contributed by atoms with Crippen molar-refractivity contribution in [2.75, 3.05) is 6.54 Å². The van der Waals surface area contributed by atoms with E-state index in [1.54, 1.807) is 0 Å². The van der Waals surface area contributed by atoms with Gasteiger partial charge in [0.25, 0.3) is 0 Å². The summed E-state index contributed by atoms with van der Waals surface area (Å²) in [7, 11) is 1.85. The van der Waals surface area contributed by atoms with Gasteiger partial charge in [0, 0.05) is 13.5 Å². The van der Waals surface area contributed by atoms with E-state index in [0.29, 0.717) is 12.1 Å². The minimum atomic E-state index is -4.33. The molecule has 0 amide bonds. The number of aryl methyl sites for hydroxylation is 2. The smallest absolute Gasteiger partial charge is 0.331 e. The van der Waals surface area contributed by atoms with E-state index in [2.05, 4.69) is 4.98 Å². The lowest BCUT2D eigenvalue weighted by Gasteiger charge is -2.06. The van der Waals surface area contributed by atoms with Crippen LogP contribution >= 0.6 is 0 Å². The average molecular weight is 299 g/mol. The Balaban J connectivity index is 2.13. The molecule has 0 radical (unpaired) electrons. The molecular weight excluding hydrogens is 279 g/mol. The summed E-state index contributed by atoms with van der Waals surface area (Å²) in [5, 5.41) is 0. The number of imidazole rings is 1. The fraction of sp³-hybridized carbons (Fsp3) is 0.533. The van der Waals surface area contributed by atoms with Gasteiger partial charge < -0.3 is 10.3 Å². The lowest BCUT2D eigenvalue weighted by atomic mass is 10.1. The molecule has 0 aliphatic heterocycles. The summed E-state index contributed by atoms with van der Waals surface area (Å²) in [6.45, 7) is 0.701. The number of alkyl halides is 3. The van der Waals surface area contributed by atoms with Crippen LogP contribution in [0.25, 0.3) is 11.0 Å². The van der Waals surface area contributed by atoms with Crippen LogP contribution in [-0.2, 0) is 19.6 Å². The molecule has 1 heterocycles. The first-order valence-electron chi connectivity index (χ1n) is 7.16. The molecule has 0 aliphatic carbocycles. The van der Waals surface area contributed by atoms with Crippen LogP contribution in [0.1, 0.15) is 37.1 Å². The monoisotopic (exact) mass is 299 g/mol. The maximum atomic E-state index is 12.7. The minimum absolute atomic E-state index is 0.407. The summed E-state index contributed by atoms with van der Waals surface area (Å²) in [6, 6.07) is 3.71. The summed E-state index contributed by atoms with van der Waals surface area (Å²) in [5.74, 6) is 0.831. The quantitative estimate of drug-likeness (QED) is 0.827. The Hall–Kier alpha value is -1.56. The van der Waals surface area contributed by atoms with Gasteiger partial charge in [0.15, 0.2) is 0 Å². The van der Waals surface area contributed by atoms with E-state index >= 15 is 0 Å². The van der Waals surface area contributed by atoms with Gasteiger partial charge in [0.2, 0.25) is 0 Å². The van der Waals surface area contributed by atoms with Gasteiger partial charge in [-0.15, -0.1) is 0 Å². The van der Waals surface area contributed by atoms with Crippen molar-refractivity contribution in [2.45, 2.75) is 38.3 Å². The van der Waals surface area contributed by atoms with Gasteiger partial charge in [-0.2, -0.15) is 13.2 Å². The summed E-state index contributed by atoms with van der Waals surface area (Å²) in [4.78, 5) is 4.34. The topological polar surface area (TPSA) is 43.8 Å². The van der Waals surface area contributed by atoms with Gasteiger partial charge in [-0.25, -0.2) is 4.98 Å². The maximum Gasteiger partial charge on any atom is 0.416 e. The number of aromatic nitrogens is 2. The Morgan fingerprint density at radius 1 is 1.14 bits per heavy atom. The molecule has 0 spiro atoms. The molecule has 0 fully saturated rings. The number of nitrogens with zero attached hydrogens (tertiary/aromatic N) is 2. The van der Waals surface area contributed by atoms with E-state index in [4.69, 9.17) is 5.73 Å². The molecular formula is C15H20F3N3. The van der Waals surface area contributed by atoms with Gasteiger partial charge in [0.05, 0.1) is 16.6 Å². The first kappa shape index (κ1) is 15.8. The van der Waals surface area contributed by atoms with E-state index in [9.17, 15) is 13.2 Å². The number of nitrogens with two attached hydrogens (primary N) is 1. The number of halogens is 3. The Morgan fingerprint density at radius 3 is 2.52 bits per heavy atom. The molecule has 0 unspecified atom stereocenters. The van der Waals surface area contributed by atoms with E-state index < -0.39 is 11.7 Å². The van der Waals surface area contributed by atoms with E-state index in [1.165, 1.54) is 6.07 Å².